The van der Waals surface area contributed by atoms with Crippen LogP contribution in [0.15, 0.2) is 30.5 Å². The molecule has 0 spiro atoms. The van der Waals surface area contributed by atoms with E-state index in [1.54, 1.807) is 20.0 Å². The van der Waals surface area contributed by atoms with Crippen LogP contribution in [0.5, 0.6) is 0 Å². The summed E-state index contributed by atoms with van der Waals surface area (Å²) in [6.07, 6.45) is 1.77. The maximum atomic E-state index is 11.2. The first-order chi connectivity index (χ1) is 8.43. The van der Waals surface area contributed by atoms with Crippen molar-refractivity contribution in [2.75, 3.05) is 0 Å². The molecule has 18 heavy (non-hydrogen) atoms. The minimum Gasteiger partial charge on any atom is -0.481 e. The second-order valence-electron chi connectivity index (χ2n) is 4.92. The van der Waals surface area contributed by atoms with E-state index < -0.39 is 11.4 Å². The number of nitrogens with zero attached hydrogens (tertiary/aromatic N) is 1. The molecular weight excluding hydrogens is 228 g/mol. The molecular formula is C14H16N2O2. The summed E-state index contributed by atoms with van der Waals surface area (Å²) in [6, 6.07) is 7.57. The molecule has 4 nitrogen and oxygen atoms in total. The third kappa shape index (κ3) is 2.01. The molecule has 2 N–H and O–H groups in total. The van der Waals surface area contributed by atoms with Crippen molar-refractivity contribution in [3.63, 3.8) is 0 Å². The smallest absolute Gasteiger partial charge is 0.313 e. The van der Waals surface area contributed by atoms with Crippen molar-refractivity contribution < 1.29 is 9.90 Å². The van der Waals surface area contributed by atoms with Crippen LogP contribution in [0.1, 0.15) is 25.1 Å². The first-order valence-electron chi connectivity index (χ1n) is 5.77. The van der Waals surface area contributed by atoms with Gasteiger partial charge in [-0.2, -0.15) is 5.10 Å². The molecule has 1 aromatic heterocycles. The number of hydrogen-bond acceptors (Lipinski definition) is 2. The Balaban J connectivity index is 2.37. The fourth-order valence-corrected chi connectivity index (χ4v) is 1.83. The van der Waals surface area contributed by atoms with E-state index in [-0.39, 0.29) is 0 Å². The van der Waals surface area contributed by atoms with E-state index in [1.807, 2.05) is 31.2 Å². The quantitative estimate of drug-likeness (QED) is 0.872. The van der Waals surface area contributed by atoms with Gasteiger partial charge in [0.05, 0.1) is 11.6 Å². The topological polar surface area (TPSA) is 66.0 Å². The molecule has 0 fully saturated rings. The van der Waals surface area contributed by atoms with Gasteiger partial charge >= 0.3 is 5.97 Å². The van der Waals surface area contributed by atoms with Crippen molar-refractivity contribution in [1.29, 1.82) is 0 Å². The zero-order valence-electron chi connectivity index (χ0n) is 10.7. The summed E-state index contributed by atoms with van der Waals surface area (Å²) in [6.45, 7) is 5.36. The molecule has 0 aliphatic heterocycles. The molecule has 0 aliphatic rings. The molecule has 1 heterocycles. The van der Waals surface area contributed by atoms with Crippen LogP contribution in [0.2, 0.25) is 0 Å². The standard InChI is InChI=1S/C14H16N2O2/c1-9-12(8-15-16-9)10-4-6-11(7-5-10)14(2,3)13(17)18/h4-8H,1-3H3,(H,15,16)(H,17,18). The monoisotopic (exact) mass is 244 g/mol. The zero-order valence-corrected chi connectivity index (χ0v) is 10.7. The highest BCUT2D eigenvalue weighted by molar-refractivity contribution is 5.80. The van der Waals surface area contributed by atoms with Crippen LogP contribution >= 0.6 is 0 Å². The Bertz CT molecular complexity index is 568. The lowest BCUT2D eigenvalue weighted by molar-refractivity contribution is -0.142. The van der Waals surface area contributed by atoms with Gasteiger partial charge in [0.2, 0.25) is 0 Å². The van der Waals surface area contributed by atoms with E-state index in [0.717, 1.165) is 22.4 Å². The Labute approximate surface area is 106 Å². The summed E-state index contributed by atoms with van der Waals surface area (Å²) < 4.78 is 0. The number of aliphatic carboxylic acids is 1. The van der Waals surface area contributed by atoms with E-state index in [4.69, 9.17) is 0 Å². The number of aromatic nitrogens is 2. The summed E-state index contributed by atoms with van der Waals surface area (Å²) in [5.41, 5.74) is 2.99. The Morgan fingerprint density at radius 1 is 1.28 bits per heavy atom. The molecule has 0 saturated heterocycles. The van der Waals surface area contributed by atoms with E-state index >= 15 is 0 Å². The maximum absolute atomic E-state index is 11.2. The van der Waals surface area contributed by atoms with E-state index in [9.17, 15) is 9.90 Å². The van der Waals surface area contributed by atoms with Crippen molar-refractivity contribution in [2.24, 2.45) is 0 Å². The summed E-state index contributed by atoms with van der Waals surface area (Å²) in [7, 11) is 0. The average molecular weight is 244 g/mol. The number of benzene rings is 1. The summed E-state index contributed by atoms with van der Waals surface area (Å²) >= 11 is 0. The number of rotatable bonds is 3. The Kier molecular flexibility index (Phi) is 2.95. The van der Waals surface area contributed by atoms with Crippen LogP contribution in [0.25, 0.3) is 11.1 Å². The van der Waals surface area contributed by atoms with Gasteiger partial charge in [0.1, 0.15) is 0 Å². The normalized spacial score (nSPS) is 11.5. The van der Waals surface area contributed by atoms with Gasteiger partial charge in [-0.25, -0.2) is 0 Å². The van der Waals surface area contributed by atoms with Crippen molar-refractivity contribution >= 4 is 5.97 Å². The molecule has 2 rings (SSSR count). The van der Waals surface area contributed by atoms with Crippen LogP contribution in [-0.2, 0) is 10.2 Å². The largest absolute Gasteiger partial charge is 0.481 e. The van der Waals surface area contributed by atoms with Crippen molar-refractivity contribution in [3.05, 3.63) is 41.7 Å². The Morgan fingerprint density at radius 3 is 2.33 bits per heavy atom. The molecule has 0 aliphatic carbocycles. The predicted octanol–water partition coefficient (Wildman–Crippen LogP) is 2.75. The molecule has 4 heteroatoms. The number of aromatic amines is 1. The van der Waals surface area contributed by atoms with Crippen molar-refractivity contribution in [3.8, 4) is 11.1 Å². The molecule has 0 bridgehead atoms. The van der Waals surface area contributed by atoms with Gasteiger partial charge in [-0.3, -0.25) is 9.89 Å². The minimum atomic E-state index is -0.871. The molecule has 0 saturated carbocycles. The van der Waals surface area contributed by atoms with Crippen LogP contribution in [-0.4, -0.2) is 21.3 Å². The first kappa shape index (κ1) is 12.4. The average Bonchev–Trinajstić information content (AvgIpc) is 2.75. The second kappa shape index (κ2) is 4.29. The van der Waals surface area contributed by atoms with E-state index in [0.29, 0.717) is 0 Å². The van der Waals surface area contributed by atoms with E-state index in [1.165, 1.54) is 0 Å². The van der Waals surface area contributed by atoms with Gasteiger partial charge < -0.3 is 5.11 Å². The lowest BCUT2D eigenvalue weighted by Gasteiger charge is -2.19. The first-order valence-corrected chi connectivity index (χ1v) is 5.77. The highest BCUT2D eigenvalue weighted by Gasteiger charge is 2.29. The minimum absolute atomic E-state index is 0.792. The van der Waals surface area contributed by atoms with Gasteiger partial charge in [0, 0.05) is 11.3 Å². The van der Waals surface area contributed by atoms with Crippen LogP contribution < -0.4 is 0 Å². The number of carboxylic acid groups (broad SMARTS) is 1. The Morgan fingerprint density at radius 2 is 1.89 bits per heavy atom. The molecule has 0 unspecified atom stereocenters. The third-order valence-corrected chi connectivity index (χ3v) is 3.28. The maximum Gasteiger partial charge on any atom is 0.313 e. The summed E-state index contributed by atoms with van der Waals surface area (Å²) in [4.78, 5) is 11.2. The van der Waals surface area contributed by atoms with Crippen LogP contribution in [0.3, 0.4) is 0 Å². The number of aryl methyl sites for hydroxylation is 1. The summed E-state index contributed by atoms with van der Waals surface area (Å²) in [5, 5.41) is 16.0. The zero-order chi connectivity index (χ0) is 13.3. The molecule has 0 atom stereocenters. The number of nitrogens with one attached hydrogen (secondary N) is 1. The number of H-pyrrole nitrogens is 1. The lowest BCUT2D eigenvalue weighted by Crippen LogP contribution is -2.28. The number of carboxylic acids is 1. The fourth-order valence-electron chi connectivity index (χ4n) is 1.83. The van der Waals surface area contributed by atoms with Crippen LogP contribution in [0.4, 0.5) is 0 Å². The van der Waals surface area contributed by atoms with Gasteiger partial charge in [0.15, 0.2) is 0 Å². The third-order valence-electron chi connectivity index (χ3n) is 3.28. The van der Waals surface area contributed by atoms with Crippen molar-refractivity contribution in [1.82, 2.24) is 10.2 Å². The van der Waals surface area contributed by atoms with Gasteiger partial charge in [-0.15, -0.1) is 0 Å². The molecule has 2 aromatic rings. The fraction of sp³-hybridized carbons (Fsp3) is 0.286. The van der Waals surface area contributed by atoms with E-state index in [2.05, 4.69) is 10.2 Å². The highest BCUT2D eigenvalue weighted by Crippen LogP contribution is 2.27. The van der Waals surface area contributed by atoms with Crippen LogP contribution in [0, 0.1) is 6.92 Å². The highest BCUT2D eigenvalue weighted by atomic mass is 16.4. The second-order valence-corrected chi connectivity index (χ2v) is 4.92. The molecule has 0 radical (unpaired) electrons. The SMILES string of the molecule is Cc1[nH]ncc1-c1ccc(C(C)(C)C(=O)O)cc1. The molecule has 94 valence electrons. The Hall–Kier alpha value is -2.10. The van der Waals surface area contributed by atoms with Crippen molar-refractivity contribution in [2.45, 2.75) is 26.2 Å². The lowest BCUT2D eigenvalue weighted by atomic mass is 9.84. The van der Waals surface area contributed by atoms with Gasteiger partial charge in [-0.1, -0.05) is 24.3 Å². The predicted molar refractivity (Wildman–Crippen MR) is 69.4 cm³/mol. The molecule has 0 amide bonds. The summed E-state index contributed by atoms with van der Waals surface area (Å²) in [5.74, 6) is -0.824. The van der Waals surface area contributed by atoms with Gasteiger partial charge in [-0.05, 0) is 31.9 Å². The number of hydrogen-bond donors (Lipinski definition) is 2. The van der Waals surface area contributed by atoms with Gasteiger partial charge in [0.25, 0.3) is 0 Å². The molecule has 1 aromatic carbocycles. The number of carbonyl (C=O) groups is 1.